The molecule has 2 aromatic carbocycles. The van der Waals surface area contributed by atoms with Gasteiger partial charge in [-0.05, 0) is 59.3 Å². The van der Waals surface area contributed by atoms with E-state index in [4.69, 9.17) is 18.0 Å². The van der Waals surface area contributed by atoms with Crippen LogP contribution in [0.5, 0.6) is 5.75 Å². The predicted molar refractivity (Wildman–Crippen MR) is 95.8 cm³/mol. The van der Waals surface area contributed by atoms with Crippen molar-refractivity contribution in [2.24, 2.45) is 5.73 Å². The zero-order chi connectivity index (χ0) is 15.6. The first-order valence-corrected chi connectivity index (χ1v) is 7.58. The van der Waals surface area contributed by atoms with Gasteiger partial charge in [-0.15, -0.1) is 0 Å². The van der Waals surface area contributed by atoms with Crippen molar-refractivity contribution in [1.29, 1.82) is 0 Å². The predicted octanol–water partition coefficient (Wildman–Crippen LogP) is 3.19. The van der Waals surface area contributed by atoms with Crippen LogP contribution >= 0.6 is 34.8 Å². The fourth-order valence-corrected chi connectivity index (χ4v) is 2.55. The summed E-state index contributed by atoms with van der Waals surface area (Å²) < 4.78 is 0.684. The summed E-state index contributed by atoms with van der Waals surface area (Å²) >= 11 is 7.02. The minimum atomic E-state index is -0.329. The number of hydrogen-bond donors (Lipinski definition) is 3. The third kappa shape index (κ3) is 3.51. The van der Waals surface area contributed by atoms with Crippen LogP contribution in [0.15, 0.2) is 36.4 Å². The molecule has 0 aromatic heterocycles. The zero-order valence-electron chi connectivity index (χ0n) is 11.2. The van der Waals surface area contributed by atoms with E-state index in [9.17, 15) is 9.90 Å². The Balaban J connectivity index is 2.34. The molecule has 0 bridgehead atoms. The highest BCUT2D eigenvalue weighted by Gasteiger charge is 2.13. The molecule has 0 aliphatic heterocycles. The minimum Gasteiger partial charge on any atom is -0.507 e. The molecule has 0 saturated heterocycles. The van der Waals surface area contributed by atoms with Crippen molar-refractivity contribution in [3.63, 3.8) is 0 Å². The van der Waals surface area contributed by atoms with Crippen LogP contribution in [0.4, 0.5) is 5.69 Å². The molecular formula is C15H13IN2O2S. The lowest BCUT2D eigenvalue weighted by atomic mass is 10.1. The van der Waals surface area contributed by atoms with Gasteiger partial charge in [0, 0.05) is 11.1 Å². The summed E-state index contributed by atoms with van der Waals surface area (Å²) in [6.45, 7) is 1.88. The normalized spacial score (nSPS) is 10.2. The first-order valence-electron chi connectivity index (χ1n) is 6.09. The van der Waals surface area contributed by atoms with Crippen molar-refractivity contribution < 1.29 is 9.90 Å². The average Bonchev–Trinajstić information content (AvgIpc) is 2.41. The number of nitrogens with one attached hydrogen (secondary N) is 1. The second-order valence-corrected chi connectivity index (χ2v) is 6.08. The van der Waals surface area contributed by atoms with Gasteiger partial charge in [0.05, 0.1) is 9.26 Å². The number of benzene rings is 2. The van der Waals surface area contributed by atoms with Crippen molar-refractivity contribution in [2.45, 2.75) is 6.92 Å². The molecule has 0 fully saturated rings. The number of amides is 1. The fourth-order valence-electron chi connectivity index (χ4n) is 1.95. The molecule has 2 aromatic rings. The summed E-state index contributed by atoms with van der Waals surface area (Å²) in [5.41, 5.74) is 8.18. The molecule has 2 rings (SSSR count). The van der Waals surface area contributed by atoms with Gasteiger partial charge >= 0.3 is 0 Å². The van der Waals surface area contributed by atoms with Crippen LogP contribution in [0.2, 0.25) is 0 Å². The number of carbonyl (C=O) groups is 1. The number of aromatic hydroxyl groups is 1. The number of anilines is 1. The summed E-state index contributed by atoms with van der Waals surface area (Å²) in [4.78, 5) is 12.5. The molecule has 0 heterocycles. The molecule has 0 saturated carbocycles. The largest absolute Gasteiger partial charge is 0.507 e. The molecule has 4 N–H and O–H groups in total. The molecule has 108 valence electrons. The highest BCUT2D eigenvalue weighted by molar-refractivity contribution is 14.1. The van der Waals surface area contributed by atoms with E-state index in [2.05, 4.69) is 5.32 Å². The molecule has 0 aliphatic carbocycles. The van der Waals surface area contributed by atoms with E-state index in [0.717, 1.165) is 5.56 Å². The maximum atomic E-state index is 12.3. The Labute approximate surface area is 141 Å². The van der Waals surface area contributed by atoms with Crippen LogP contribution < -0.4 is 11.1 Å². The van der Waals surface area contributed by atoms with Gasteiger partial charge in [-0.3, -0.25) is 4.79 Å². The Hall–Kier alpha value is -1.67. The van der Waals surface area contributed by atoms with Crippen molar-refractivity contribution >= 4 is 51.4 Å². The summed E-state index contributed by atoms with van der Waals surface area (Å²) in [6, 6.07) is 10.2. The first-order chi connectivity index (χ1) is 9.90. The highest BCUT2D eigenvalue weighted by Crippen LogP contribution is 2.23. The topological polar surface area (TPSA) is 75.3 Å². The Kier molecular flexibility index (Phi) is 4.79. The number of aryl methyl sites for hydroxylation is 1. The van der Waals surface area contributed by atoms with Gasteiger partial charge < -0.3 is 16.2 Å². The Morgan fingerprint density at radius 3 is 2.67 bits per heavy atom. The number of thiocarbonyl (C=S) groups is 1. The van der Waals surface area contributed by atoms with Crippen LogP contribution in [-0.2, 0) is 0 Å². The Morgan fingerprint density at radius 1 is 1.33 bits per heavy atom. The van der Waals surface area contributed by atoms with Crippen LogP contribution in [0, 0.1) is 10.5 Å². The molecule has 0 unspecified atom stereocenters. The van der Waals surface area contributed by atoms with E-state index in [1.54, 1.807) is 18.2 Å². The number of phenolic OH excluding ortho intramolecular Hbond substituents is 1. The van der Waals surface area contributed by atoms with E-state index in [0.29, 0.717) is 20.4 Å². The number of phenols is 1. The van der Waals surface area contributed by atoms with Gasteiger partial charge in [-0.1, -0.05) is 24.4 Å². The van der Waals surface area contributed by atoms with Crippen LogP contribution in [0.1, 0.15) is 21.5 Å². The summed E-state index contributed by atoms with van der Waals surface area (Å²) in [5, 5.41) is 12.4. The standard InChI is InChI=1S/C15H13IN2O2S/c1-8-3-2-4-11(13(8)14(17)21)18-15(20)9-5-6-10(16)12(19)7-9/h2-7,19H,1H3,(H2,17,21)(H,18,20). The lowest BCUT2D eigenvalue weighted by Gasteiger charge is -2.12. The molecule has 0 radical (unpaired) electrons. The second kappa shape index (κ2) is 6.40. The molecule has 0 aliphatic rings. The highest BCUT2D eigenvalue weighted by atomic mass is 127. The smallest absolute Gasteiger partial charge is 0.255 e. The summed E-state index contributed by atoms with van der Waals surface area (Å²) in [7, 11) is 0. The Morgan fingerprint density at radius 2 is 2.05 bits per heavy atom. The van der Waals surface area contributed by atoms with E-state index >= 15 is 0 Å². The monoisotopic (exact) mass is 412 g/mol. The maximum absolute atomic E-state index is 12.3. The van der Waals surface area contributed by atoms with Crippen LogP contribution in [-0.4, -0.2) is 16.0 Å². The lowest BCUT2D eigenvalue weighted by molar-refractivity contribution is 0.102. The summed E-state index contributed by atoms with van der Waals surface area (Å²) in [6.07, 6.45) is 0. The van der Waals surface area contributed by atoms with Crippen molar-refractivity contribution in [1.82, 2.24) is 0 Å². The Bertz CT molecular complexity index is 732. The molecule has 0 spiro atoms. The quantitative estimate of drug-likeness (QED) is 0.535. The number of nitrogens with two attached hydrogens (primary N) is 1. The molecule has 4 nitrogen and oxygen atoms in total. The molecule has 1 amide bonds. The maximum Gasteiger partial charge on any atom is 0.255 e. The van der Waals surface area contributed by atoms with Crippen molar-refractivity contribution in [2.75, 3.05) is 5.32 Å². The number of carbonyl (C=O) groups excluding carboxylic acids is 1. The molecule has 6 heteroatoms. The molecule has 21 heavy (non-hydrogen) atoms. The number of hydrogen-bond acceptors (Lipinski definition) is 3. The fraction of sp³-hybridized carbons (Fsp3) is 0.0667. The third-order valence-corrected chi connectivity index (χ3v) is 4.09. The second-order valence-electron chi connectivity index (χ2n) is 4.48. The van der Waals surface area contributed by atoms with Crippen molar-refractivity contribution in [3.8, 4) is 5.75 Å². The van der Waals surface area contributed by atoms with Gasteiger partial charge in [-0.2, -0.15) is 0 Å². The van der Waals surface area contributed by atoms with Crippen LogP contribution in [0.25, 0.3) is 0 Å². The van der Waals surface area contributed by atoms with E-state index in [-0.39, 0.29) is 16.6 Å². The van der Waals surface area contributed by atoms with E-state index < -0.39 is 0 Å². The lowest BCUT2D eigenvalue weighted by Crippen LogP contribution is -2.18. The van der Waals surface area contributed by atoms with Gasteiger partial charge in [0.25, 0.3) is 5.91 Å². The zero-order valence-corrected chi connectivity index (χ0v) is 14.2. The van der Waals surface area contributed by atoms with E-state index in [1.165, 1.54) is 6.07 Å². The van der Waals surface area contributed by atoms with E-state index in [1.807, 2.05) is 41.6 Å². The van der Waals surface area contributed by atoms with Gasteiger partial charge in [-0.25, -0.2) is 0 Å². The average molecular weight is 412 g/mol. The first kappa shape index (κ1) is 15.7. The SMILES string of the molecule is Cc1cccc(NC(=O)c2ccc(I)c(O)c2)c1C(N)=S. The number of halogens is 1. The molecule has 0 atom stereocenters. The van der Waals surface area contributed by atoms with Crippen LogP contribution in [0.3, 0.4) is 0 Å². The molecular weight excluding hydrogens is 399 g/mol. The van der Waals surface area contributed by atoms with Gasteiger partial charge in [0.1, 0.15) is 10.7 Å². The number of rotatable bonds is 3. The minimum absolute atomic E-state index is 0.0714. The van der Waals surface area contributed by atoms with Gasteiger partial charge in [0.15, 0.2) is 0 Å². The van der Waals surface area contributed by atoms with Gasteiger partial charge in [0.2, 0.25) is 0 Å². The van der Waals surface area contributed by atoms with Crippen molar-refractivity contribution in [3.05, 3.63) is 56.7 Å². The summed E-state index contributed by atoms with van der Waals surface area (Å²) in [5.74, 6) is -0.258. The third-order valence-electron chi connectivity index (χ3n) is 2.98.